The van der Waals surface area contributed by atoms with Gasteiger partial charge in [0.15, 0.2) is 4.32 Å². The van der Waals surface area contributed by atoms with Crippen molar-refractivity contribution in [2.24, 2.45) is 0 Å². The van der Waals surface area contributed by atoms with E-state index in [9.17, 15) is 14.9 Å². The van der Waals surface area contributed by atoms with Crippen LogP contribution in [0.1, 0.15) is 11.1 Å². The lowest BCUT2D eigenvalue weighted by molar-refractivity contribution is -0.384. The van der Waals surface area contributed by atoms with Gasteiger partial charge < -0.3 is 4.74 Å². The molecule has 1 heterocycles. The van der Waals surface area contributed by atoms with Crippen LogP contribution in [0.4, 0.5) is 11.4 Å². The third-order valence-electron chi connectivity index (χ3n) is 4.68. The molecule has 0 radical (unpaired) electrons. The minimum atomic E-state index is -0.443. The van der Waals surface area contributed by atoms with Gasteiger partial charge >= 0.3 is 0 Å². The van der Waals surface area contributed by atoms with Crippen LogP contribution in [0.15, 0.2) is 80.6 Å². The molecule has 0 aliphatic carbocycles. The van der Waals surface area contributed by atoms with E-state index in [1.165, 1.54) is 28.8 Å². The number of anilines is 1. The maximum absolute atomic E-state index is 13.1. The number of hydrogen-bond donors (Lipinski definition) is 0. The third-order valence-corrected chi connectivity index (χ3v) is 7.00. The molecule has 3 aromatic rings. The Bertz CT molecular complexity index is 1280. The fourth-order valence-corrected chi connectivity index (χ4v) is 4.99. The van der Waals surface area contributed by atoms with Crippen molar-refractivity contribution in [2.75, 3.05) is 4.90 Å². The quantitative estimate of drug-likeness (QED) is 0.129. The van der Waals surface area contributed by atoms with E-state index in [4.69, 9.17) is 17.0 Å². The van der Waals surface area contributed by atoms with Gasteiger partial charge in [-0.25, -0.2) is 0 Å². The molecule has 1 aliphatic heterocycles. The fraction of sp³-hybridized carbons (Fsp3) is 0.0435. The van der Waals surface area contributed by atoms with Crippen molar-refractivity contribution in [1.82, 2.24) is 0 Å². The predicted octanol–water partition coefficient (Wildman–Crippen LogP) is 7.10. The second-order valence-electron chi connectivity index (χ2n) is 6.89. The van der Waals surface area contributed by atoms with Gasteiger partial charge in [0, 0.05) is 26.6 Å². The van der Waals surface area contributed by atoms with Crippen LogP contribution in [0.2, 0.25) is 0 Å². The summed E-state index contributed by atoms with van der Waals surface area (Å²) in [4.78, 5) is 25.5. The number of non-ortho nitro benzene ring substituents is 1. The molecule has 1 amide bonds. The SMILES string of the molecule is O=C1/C(=C/c2cc(Br)ccc2OCc2ccc([N+](=O)[O-])cc2)SC(=S)N1c1ccc(Br)cc1. The van der Waals surface area contributed by atoms with Gasteiger partial charge in [0.2, 0.25) is 0 Å². The number of hydrogen-bond acceptors (Lipinski definition) is 6. The average Bonchev–Trinajstić information content (AvgIpc) is 3.07. The van der Waals surface area contributed by atoms with Crippen LogP contribution in [0.3, 0.4) is 0 Å². The van der Waals surface area contributed by atoms with Crippen molar-refractivity contribution in [1.29, 1.82) is 0 Å². The number of amides is 1. The first-order valence-corrected chi connectivity index (χ1v) is 12.3. The van der Waals surface area contributed by atoms with Crippen molar-refractivity contribution in [3.8, 4) is 5.75 Å². The zero-order valence-corrected chi connectivity index (χ0v) is 21.5. The molecule has 0 atom stereocenters. The Kier molecular flexibility index (Phi) is 7.28. The number of carbonyl (C=O) groups excluding carboxylic acids is 1. The molecule has 10 heteroatoms. The highest BCUT2D eigenvalue weighted by atomic mass is 79.9. The zero-order chi connectivity index (χ0) is 23.5. The highest BCUT2D eigenvalue weighted by Gasteiger charge is 2.33. The van der Waals surface area contributed by atoms with Crippen LogP contribution in [-0.4, -0.2) is 15.2 Å². The van der Waals surface area contributed by atoms with E-state index in [0.717, 1.165) is 14.5 Å². The topological polar surface area (TPSA) is 72.7 Å². The highest BCUT2D eigenvalue weighted by molar-refractivity contribution is 9.10. The van der Waals surface area contributed by atoms with E-state index >= 15 is 0 Å². The first-order valence-electron chi connectivity index (χ1n) is 9.51. The first kappa shape index (κ1) is 23.6. The zero-order valence-electron chi connectivity index (χ0n) is 16.7. The smallest absolute Gasteiger partial charge is 0.270 e. The molecule has 33 heavy (non-hydrogen) atoms. The molecule has 4 rings (SSSR count). The minimum Gasteiger partial charge on any atom is -0.488 e. The van der Waals surface area contributed by atoms with Gasteiger partial charge in [-0.15, -0.1) is 0 Å². The van der Waals surface area contributed by atoms with Gasteiger partial charge in [0.1, 0.15) is 12.4 Å². The van der Waals surface area contributed by atoms with Crippen LogP contribution in [0.5, 0.6) is 5.75 Å². The Morgan fingerprint density at radius 1 is 1.03 bits per heavy atom. The van der Waals surface area contributed by atoms with Crippen LogP contribution < -0.4 is 9.64 Å². The number of nitrogens with zero attached hydrogens (tertiary/aromatic N) is 2. The van der Waals surface area contributed by atoms with E-state index in [2.05, 4.69) is 31.9 Å². The molecule has 1 saturated heterocycles. The molecule has 3 aromatic carbocycles. The molecular formula is C23H14Br2N2O4S2. The third kappa shape index (κ3) is 5.52. The molecule has 0 N–H and O–H groups in total. The Labute approximate surface area is 216 Å². The largest absolute Gasteiger partial charge is 0.488 e. The van der Waals surface area contributed by atoms with Crippen LogP contribution >= 0.6 is 55.8 Å². The standard InChI is InChI=1S/C23H14Br2N2O4S2/c24-16-3-8-18(9-4-16)26-22(28)21(33-23(26)32)12-15-11-17(25)5-10-20(15)31-13-14-1-6-19(7-2-14)27(29)30/h1-12H,13H2/b21-12-. The molecular weight excluding hydrogens is 592 g/mol. The van der Waals surface area contributed by atoms with Crippen LogP contribution in [0, 0.1) is 10.1 Å². The van der Waals surface area contributed by atoms with E-state index in [1.54, 1.807) is 24.3 Å². The van der Waals surface area contributed by atoms with E-state index in [-0.39, 0.29) is 18.2 Å². The predicted molar refractivity (Wildman–Crippen MR) is 141 cm³/mol. The fourth-order valence-electron chi connectivity index (χ4n) is 3.06. The Morgan fingerprint density at radius 3 is 2.36 bits per heavy atom. The average molecular weight is 606 g/mol. The van der Waals surface area contributed by atoms with Gasteiger partial charge in [-0.05, 0) is 66.2 Å². The maximum Gasteiger partial charge on any atom is 0.270 e. The summed E-state index contributed by atoms with van der Waals surface area (Å²) in [7, 11) is 0. The number of nitro groups is 1. The Balaban J connectivity index is 1.57. The molecule has 1 fully saturated rings. The number of nitro benzene ring substituents is 1. The number of thiocarbonyl (C=S) groups is 1. The normalized spacial score (nSPS) is 14.7. The van der Waals surface area contributed by atoms with Gasteiger partial charge in [0.05, 0.1) is 15.5 Å². The van der Waals surface area contributed by atoms with Crippen molar-refractivity contribution >= 4 is 83.5 Å². The summed E-state index contributed by atoms with van der Waals surface area (Å²) in [6.07, 6.45) is 1.76. The van der Waals surface area contributed by atoms with Crippen molar-refractivity contribution in [3.63, 3.8) is 0 Å². The van der Waals surface area contributed by atoms with E-state index in [1.807, 2.05) is 36.4 Å². The lowest BCUT2D eigenvalue weighted by Crippen LogP contribution is -2.27. The van der Waals surface area contributed by atoms with Crippen LogP contribution in [0.25, 0.3) is 6.08 Å². The highest BCUT2D eigenvalue weighted by Crippen LogP contribution is 2.38. The summed E-state index contributed by atoms with van der Waals surface area (Å²) >= 11 is 13.5. The van der Waals surface area contributed by atoms with Crippen molar-refractivity contribution in [3.05, 3.63) is 102 Å². The summed E-state index contributed by atoms with van der Waals surface area (Å²) in [6.45, 7) is 0.223. The lowest BCUT2D eigenvalue weighted by atomic mass is 10.1. The molecule has 0 bridgehead atoms. The number of halogens is 2. The molecule has 0 saturated carbocycles. The Hall–Kier alpha value is -2.53. The summed E-state index contributed by atoms with van der Waals surface area (Å²) in [5, 5.41) is 10.8. The first-order chi connectivity index (χ1) is 15.8. The summed E-state index contributed by atoms with van der Waals surface area (Å²) in [5.74, 6) is 0.374. The second kappa shape index (κ2) is 10.2. The molecule has 1 aliphatic rings. The maximum atomic E-state index is 13.1. The number of carbonyl (C=O) groups is 1. The lowest BCUT2D eigenvalue weighted by Gasteiger charge is -2.14. The van der Waals surface area contributed by atoms with Gasteiger partial charge in [0.25, 0.3) is 11.6 Å². The van der Waals surface area contributed by atoms with Crippen molar-refractivity contribution < 1.29 is 14.5 Å². The van der Waals surface area contributed by atoms with Gasteiger partial charge in [-0.3, -0.25) is 19.8 Å². The van der Waals surface area contributed by atoms with Crippen molar-refractivity contribution in [2.45, 2.75) is 6.61 Å². The number of thioether (sulfide) groups is 1. The second-order valence-corrected chi connectivity index (χ2v) is 10.4. The number of ether oxygens (including phenoxy) is 1. The molecule has 0 aromatic heterocycles. The molecule has 166 valence electrons. The summed E-state index contributed by atoms with van der Waals surface area (Å²) in [5.41, 5.74) is 2.22. The summed E-state index contributed by atoms with van der Waals surface area (Å²) < 4.78 is 8.17. The number of rotatable bonds is 6. The summed E-state index contributed by atoms with van der Waals surface area (Å²) in [6, 6.07) is 19.1. The minimum absolute atomic E-state index is 0.0240. The van der Waals surface area contributed by atoms with Gasteiger partial charge in [-0.1, -0.05) is 55.8 Å². The molecule has 6 nitrogen and oxygen atoms in total. The monoisotopic (exact) mass is 604 g/mol. The van der Waals surface area contributed by atoms with Gasteiger partial charge in [-0.2, -0.15) is 0 Å². The Morgan fingerprint density at radius 2 is 1.70 bits per heavy atom. The van der Waals surface area contributed by atoms with E-state index in [0.29, 0.717) is 26.2 Å². The molecule has 0 spiro atoms. The van der Waals surface area contributed by atoms with E-state index < -0.39 is 4.92 Å². The number of benzene rings is 3. The van der Waals surface area contributed by atoms with Crippen LogP contribution in [-0.2, 0) is 11.4 Å². The molecule has 0 unspecified atom stereocenters.